The van der Waals surface area contributed by atoms with Crippen LogP contribution >= 0.6 is 46.4 Å². The first-order valence-corrected chi connectivity index (χ1v) is 7.32. The quantitative estimate of drug-likeness (QED) is 0.390. The van der Waals surface area contributed by atoms with Gasteiger partial charge < -0.3 is 0 Å². The van der Waals surface area contributed by atoms with E-state index in [0.29, 0.717) is 5.56 Å². The molecule has 0 N–H and O–H groups in total. The number of benzene rings is 2. The summed E-state index contributed by atoms with van der Waals surface area (Å²) in [6.45, 7) is 0. The van der Waals surface area contributed by atoms with Gasteiger partial charge in [0.25, 0.3) is 0 Å². The number of hydrogen-bond donors (Lipinski definition) is 0. The standard InChI is InChI=1S/C14H7Cl4F3/c15-6-8-2-1-7(3-11(8)14(19,20)21)10-4-9(16)5-12(17)13(10)18/h1-5H,6H2. The van der Waals surface area contributed by atoms with Crippen LogP contribution in [0, 0.1) is 0 Å². The first-order valence-electron chi connectivity index (χ1n) is 5.65. The second-order valence-corrected chi connectivity index (χ2v) is 5.74. The Morgan fingerprint density at radius 3 is 2.19 bits per heavy atom. The maximum absolute atomic E-state index is 13.0. The van der Waals surface area contributed by atoms with Crippen LogP contribution in [0.3, 0.4) is 0 Å². The summed E-state index contributed by atoms with van der Waals surface area (Å²) in [6.07, 6.45) is -4.50. The SMILES string of the molecule is FC(F)(F)c1cc(-c2cc(Cl)cc(Cl)c2Cl)ccc1CCl. The van der Waals surface area contributed by atoms with Crippen molar-refractivity contribution < 1.29 is 13.2 Å². The lowest BCUT2D eigenvalue weighted by Gasteiger charge is -2.14. The minimum atomic E-state index is -4.50. The summed E-state index contributed by atoms with van der Waals surface area (Å²) in [5.41, 5.74) is -0.203. The molecule has 2 rings (SSSR count). The Morgan fingerprint density at radius 2 is 1.62 bits per heavy atom. The fourth-order valence-electron chi connectivity index (χ4n) is 1.89. The molecule has 0 saturated heterocycles. The first-order chi connectivity index (χ1) is 9.74. The summed E-state index contributed by atoms with van der Waals surface area (Å²) < 4.78 is 39.1. The zero-order valence-electron chi connectivity index (χ0n) is 10.2. The molecule has 0 spiro atoms. The first kappa shape index (κ1) is 16.8. The highest BCUT2D eigenvalue weighted by atomic mass is 35.5. The third kappa shape index (κ3) is 3.59. The topological polar surface area (TPSA) is 0 Å². The van der Waals surface area contributed by atoms with Crippen molar-refractivity contribution in [3.8, 4) is 11.1 Å². The van der Waals surface area contributed by atoms with E-state index in [1.54, 1.807) is 0 Å². The van der Waals surface area contributed by atoms with Gasteiger partial charge in [0.05, 0.1) is 15.6 Å². The Labute approximate surface area is 139 Å². The molecule has 7 heteroatoms. The summed E-state index contributed by atoms with van der Waals surface area (Å²) >= 11 is 23.4. The van der Waals surface area contributed by atoms with Crippen molar-refractivity contribution in [2.75, 3.05) is 0 Å². The van der Waals surface area contributed by atoms with Crippen LogP contribution in [-0.2, 0) is 12.1 Å². The minimum absolute atomic E-state index is 0.00263. The largest absolute Gasteiger partial charge is 0.416 e. The maximum atomic E-state index is 13.0. The van der Waals surface area contributed by atoms with E-state index in [2.05, 4.69) is 0 Å². The van der Waals surface area contributed by atoms with Gasteiger partial charge in [0.1, 0.15) is 0 Å². The van der Waals surface area contributed by atoms with Crippen molar-refractivity contribution in [3.63, 3.8) is 0 Å². The van der Waals surface area contributed by atoms with Gasteiger partial charge in [-0.2, -0.15) is 13.2 Å². The van der Waals surface area contributed by atoms with Crippen LogP contribution in [-0.4, -0.2) is 0 Å². The monoisotopic (exact) mass is 372 g/mol. The highest BCUT2D eigenvalue weighted by Crippen LogP contribution is 2.40. The van der Waals surface area contributed by atoms with Crippen LogP contribution in [0.15, 0.2) is 30.3 Å². The molecule has 0 fully saturated rings. The summed E-state index contributed by atoms with van der Waals surface area (Å²) in [5, 5.41) is 0.608. The summed E-state index contributed by atoms with van der Waals surface area (Å²) in [4.78, 5) is 0. The van der Waals surface area contributed by atoms with Gasteiger partial charge in [0, 0.05) is 16.5 Å². The molecule has 0 unspecified atom stereocenters. The molecule has 112 valence electrons. The van der Waals surface area contributed by atoms with Gasteiger partial charge >= 0.3 is 6.18 Å². The maximum Gasteiger partial charge on any atom is 0.416 e. The number of rotatable bonds is 2. The molecule has 0 aliphatic carbocycles. The van der Waals surface area contributed by atoms with Gasteiger partial charge in [-0.1, -0.05) is 46.9 Å². The fourth-order valence-corrected chi connectivity index (χ4v) is 2.84. The molecule has 0 heterocycles. The zero-order chi connectivity index (χ0) is 15.8. The van der Waals surface area contributed by atoms with E-state index < -0.39 is 11.7 Å². The molecule has 0 aromatic heterocycles. The molecule has 0 bridgehead atoms. The molecule has 2 aromatic rings. The Morgan fingerprint density at radius 1 is 0.952 bits per heavy atom. The van der Waals surface area contributed by atoms with Crippen molar-refractivity contribution >= 4 is 46.4 Å². The molecule has 0 saturated carbocycles. The highest BCUT2D eigenvalue weighted by Gasteiger charge is 2.33. The van der Waals surface area contributed by atoms with E-state index in [-0.39, 0.29) is 32.1 Å². The number of halogens is 7. The van der Waals surface area contributed by atoms with Crippen molar-refractivity contribution in [2.24, 2.45) is 0 Å². The van der Waals surface area contributed by atoms with Crippen molar-refractivity contribution in [1.82, 2.24) is 0 Å². The van der Waals surface area contributed by atoms with Crippen molar-refractivity contribution in [1.29, 1.82) is 0 Å². The number of alkyl halides is 4. The van der Waals surface area contributed by atoms with Crippen LogP contribution in [0.5, 0.6) is 0 Å². The second kappa shape index (κ2) is 6.25. The molecule has 2 aromatic carbocycles. The Kier molecular flexibility index (Phi) is 4.99. The predicted octanol–water partition coefficient (Wildman–Crippen LogP) is 7.07. The molecule has 0 amide bonds. The molecule has 21 heavy (non-hydrogen) atoms. The lowest BCUT2D eigenvalue weighted by molar-refractivity contribution is -0.138. The molecular weight excluding hydrogens is 367 g/mol. The fraction of sp³-hybridized carbons (Fsp3) is 0.143. The molecule has 0 atom stereocenters. The lowest BCUT2D eigenvalue weighted by Crippen LogP contribution is -2.08. The average Bonchev–Trinajstić information content (AvgIpc) is 2.41. The summed E-state index contributed by atoms with van der Waals surface area (Å²) in [6, 6.07) is 6.70. The minimum Gasteiger partial charge on any atom is -0.166 e. The van der Waals surface area contributed by atoms with Gasteiger partial charge in [-0.05, 0) is 29.3 Å². The van der Waals surface area contributed by atoms with Crippen LogP contribution in [0.2, 0.25) is 15.1 Å². The van der Waals surface area contributed by atoms with Gasteiger partial charge in [-0.15, -0.1) is 11.6 Å². The highest BCUT2D eigenvalue weighted by molar-refractivity contribution is 6.45. The molecule has 0 nitrogen and oxygen atoms in total. The van der Waals surface area contributed by atoms with Crippen molar-refractivity contribution in [3.05, 3.63) is 56.5 Å². The van der Waals surface area contributed by atoms with Crippen LogP contribution in [0.4, 0.5) is 13.2 Å². The normalized spacial score (nSPS) is 11.8. The van der Waals surface area contributed by atoms with Gasteiger partial charge in [0.15, 0.2) is 0 Å². The third-order valence-corrected chi connectivity index (χ3v) is 4.17. The van der Waals surface area contributed by atoms with Crippen LogP contribution < -0.4 is 0 Å². The van der Waals surface area contributed by atoms with E-state index in [1.165, 1.54) is 24.3 Å². The smallest absolute Gasteiger partial charge is 0.166 e. The van der Waals surface area contributed by atoms with E-state index in [4.69, 9.17) is 46.4 Å². The summed E-state index contributed by atoms with van der Waals surface area (Å²) in [7, 11) is 0. The Bertz CT molecular complexity index is 681. The summed E-state index contributed by atoms with van der Waals surface area (Å²) in [5.74, 6) is -0.237. The third-order valence-electron chi connectivity index (χ3n) is 2.86. The van der Waals surface area contributed by atoms with E-state index in [0.717, 1.165) is 6.07 Å². The zero-order valence-corrected chi connectivity index (χ0v) is 13.3. The van der Waals surface area contributed by atoms with Gasteiger partial charge in [-0.25, -0.2) is 0 Å². The van der Waals surface area contributed by atoms with E-state index >= 15 is 0 Å². The van der Waals surface area contributed by atoms with Crippen LogP contribution in [0.25, 0.3) is 11.1 Å². The van der Waals surface area contributed by atoms with Crippen molar-refractivity contribution in [2.45, 2.75) is 12.1 Å². The predicted molar refractivity (Wildman–Crippen MR) is 81.5 cm³/mol. The molecule has 0 aliphatic heterocycles. The van der Waals surface area contributed by atoms with Gasteiger partial charge in [-0.3, -0.25) is 0 Å². The van der Waals surface area contributed by atoms with Gasteiger partial charge in [0.2, 0.25) is 0 Å². The van der Waals surface area contributed by atoms with E-state index in [1.807, 2.05) is 0 Å². The lowest BCUT2D eigenvalue weighted by atomic mass is 9.99. The molecular formula is C14H7Cl4F3. The molecule has 0 aliphatic rings. The molecule has 0 radical (unpaired) electrons. The second-order valence-electron chi connectivity index (χ2n) is 4.25. The van der Waals surface area contributed by atoms with E-state index in [9.17, 15) is 13.2 Å². The van der Waals surface area contributed by atoms with Crippen LogP contribution in [0.1, 0.15) is 11.1 Å². The Balaban J connectivity index is 2.66. The number of hydrogen-bond acceptors (Lipinski definition) is 0. The Hall–Kier alpha value is -0.610. The average molecular weight is 374 g/mol.